The van der Waals surface area contributed by atoms with E-state index >= 15 is 0 Å². The third kappa shape index (κ3) is 6.41. The number of nitrogens with one attached hydrogen (secondary N) is 2. The molecule has 1 aromatic rings. The lowest BCUT2D eigenvalue weighted by molar-refractivity contribution is -0.125. The zero-order chi connectivity index (χ0) is 18.4. The molecule has 0 saturated carbocycles. The van der Waals surface area contributed by atoms with Gasteiger partial charge >= 0.3 is 0 Å². The molecule has 25 heavy (non-hydrogen) atoms. The number of carbonyl (C=O) groups is 2. The maximum absolute atomic E-state index is 12.4. The van der Waals surface area contributed by atoms with Gasteiger partial charge in [0.1, 0.15) is 0 Å². The first-order valence-corrected chi connectivity index (χ1v) is 9.46. The maximum atomic E-state index is 12.4. The molecule has 1 atom stereocenters. The summed E-state index contributed by atoms with van der Waals surface area (Å²) in [4.78, 5) is 28.6. The van der Waals surface area contributed by atoms with Crippen LogP contribution in [0.5, 0.6) is 0 Å². The fraction of sp³-hybridized carbons (Fsp3) is 0.556. The molecule has 2 amide bonds. The normalized spacial score (nSPS) is 17.3. The van der Waals surface area contributed by atoms with Crippen molar-refractivity contribution in [3.8, 4) is 0 Å². The molecule has 138 valence electrons. The van der Waals surface area contributed by atoms with Crippen LogP contribution in [0.1, 0.15) is 20.8 Å². The van der Waals surface area contributed by atoms with Gasteiger partial charge in [0, 0.05) is 42.4 Å². The first kappa shape index (κ1) is 19.9. The van der Waals surface area contributed by atoms with E-state index in [1.165, 1.54) is 0 Å². The number of amides is 2. The number of rotatable bonds is 6. The van der Waals surface area contributed by atoms with Gasteiger partial charge in [0.2, 0.25) is 11.8 Å². The smallest absolute Gasteiger partial charge is 0.241 e. The molecule has 1 unspecified atom stereocenters. The second-order valence-electron chi connectivity index (χ2n) is 6.71. The zero-order valence-corrected chi connectivity index (χ0v) is 16.7. The summed E-state index contributed by atoms with van der Waals surface area (Å²) in [6, 6.07) is 7.52. The van der Waals surface area contributed by atoms with E-state index in [-0.39, 0.29) is 23.9 Å². The lowest BCUT2D eigenvalue weighted by atomic mass is 10.2. The Morgan fingerprint density at radius 2 is 1.68 bits per heavy atom. The summed E-state index contributed by atoms with van der Waals surface area (Å²) >= 11 is 3.38. The van der Waals surface area contributed by atoms with Gasteiger partial charge in [-0.15, -0.1) is 0 Å². The highest BCUT2D eigenvalue weighted by atomic mass is 79.9. The third-order valence-electron chi connectivity index (χ3n) is 4.26. The fourth-order valence-electron chi connectivity index (χ4n) is 2.83. The summed E-state index contributed by atoms with van der Waals surface area (Å²) in [6.45, 7) is 9.42. The molecule has 0 radical (unpaired) electrons. The average Bonchev–Trinajstić information content (AvgIpc) is 2.56. The number of halogens is 1. The number of hydrogen-bond acceptors (Lipinski definition) is 4. The van der Waals surface area contributed by atoms with Crippen LogP contribution < -0.4 is 10.6 Å². The van der Waals surface area contributed by atoms with Crippen molar-refractivity contribution < 1.29 is 9.59 Å². The standard InChI is InChI=1S/C18H27BrN4O2/c1-13(2)20-17(24)12-22-8-10-23(11-9-22)14(3)18(25)21-16-6-4-15(19)5-7-16/h4-7,13-14H,8-12H2,1-3H3,(H,20,24)(H,21,25). The third-order valence-corrected chi connectivity index (χ3v) is 4.79. The van der Waals surface area contributed by atoms with Crippen LogP contribution in [-0.2, 0) is 9.59 Å². The van der Waals surface area contributed by atoms with Crippen molar-refractivity contribution in [2.75, 3.05) is 38.0 Å². The molecule has 0 spiro atoms. The largest absolute Gasteiger partial charge is 0.353 e. The van der Waals surface area contributed by atoms with E-state index in [1.54, 1.807) is 0 Å². The number of hydrogen-bond donors (Lipinski definition) is 2. The van der Waals surface area contributed by atoms with Crippen molar-refractivity contribution >= 4 is 33.4 Å². The lowest BCUT2D eigenvalue weighted by Gasteiger charge is -2.37. The molecule has 2 rings (SSSR count). The predicted molar refractivity (Wildman–Crippen MR) is 104 cm³/mol. The van der Waals surface area contributed by atoms with Crippen LogP contribution in [0.25, 0.3) is 0 Å². The van der Waals surface area contributed by atoms with Gasteiger partial charge < -0.3 is 10.6 Å². The minimum Gasteiger partial charge on any atom is -0.353 e. The number of anilines is 1. The Kier molecular flexibility index (Phi) is 7.40. The second-order valence-corrected chi connectivity index (χ2v) is 7.62. The Labute approximate surface area is 158 Å². The average molecular weight is 411 g/mol. The maximum Gasteiger partial charge on any atom is 0.241 e. The molecule has 2 N–H and O–H groups in total. The summed E-state index contributed by atoms with van der Waals surface area (Å²) in [5.74, 6) is 0.0535. The zero-order valence-electron chi connectivity index (χ0n) is 15.1. The Balaban J connectivity index is 1.78. The first-order chi connectivity index (χ1) is 11.8. The van der Waals surface area contributed by atoms with Crippen LogP contribution in [0.3, 0.4) is 0 Å². The molecule has 7 heteroatoms. The molecule has 0 bridgehead atoms. The van der Waals surface area contributed by atoms with Gasteiger partial charge in [-0.3, -0.25) is 19.4 Å². The topological polar surface area (TPSA) is 64.7 Å². The Morgan fingerprint density at radius 3 is 2.24 bits per heavy atom. The van der Waals surface area contributed by atoms with E-state index in [4.69, 9.17) is 0 Å². The highest BCUT2D eigenvalue weighted by molar-refractivity contribution is 9.10. The molecule has 6 nitrogen and oxygen atoms in total. The fourth-order valence-corrected chi connectivity index (χ4v) is 3.09. The summed E-state index contributed by atoms with van der Waals surface area (Å²) < 4.78 is 0.983. The van der Waals surface area contributed by atoms with E-state index in [0.717, 1.165) is 36.3 Å². The molecule has 0 aromatic heterocycles. The van der Waals surface area contributed by atoms with Crippen LogP contribution in [-0.4, -0.2) is 66.4 Å². The summed E-state index contributed by atoms with van der Waals surface area (Å²) in [6.07, 6.45) is 0. The van der Waals surface area contributed by atoms with Crippen LogP contribution in [0, 0.1) is 0 Å². The van der Waals surface area contributed by atoms with Crippen molar-refractivity contribution in [1.29, 1.82) is 0 Å². The number of benzene rings is 1. The van der Waals surface area contributed by atoms with Gasteiger partial charge in [-0.05, 0) is 45.0 Å². The predicted octanol–water partition coefficient (Wildman–Crippen LogP) is 1.92. The van der Waals surface area contributed by atoms with Crippen molar-refractivity contribution in [1.82, 2.24) is 15.1 Å². The highest BCUT2D eigenvalue weighted by Gasteiger charge is 2.26. The van der Waals surface area contributed by atoms with Gasteiger partial charge in [0.15, 0.2) is 0 Å². The van der Waals surface area contributed by atoms with Crippen molar-refractivity contribution in [2.45, 2.75) is 32.9 Å². The van der Waals surface area contributed by atoms with E-state index in [0.29, 0.717) is 6.54 Å². The van der Waals surface area contributed by atoms with Gasteiger partial charge in [0.05, 0.1) is 12.6 Å². The molecule has 1 heterocycles. The van der Waals surface area contributed by atoms with Crippen molar-refractivity contribution in [2.24, 2.45) is 0 Å². The summed E-state index contributed by atoms with van der Waals surface area (Å²) in [5.41, 5.74) is 0.795. The van der Waals surface area contributed by atoms with E-state index < -0.39 is 0 Å². The van der Waals surface area contributed by atoms with Gasteiger partial charge in [-0.25, -0.2) is 0 Å². The Bertz CT molecular complexity index is 583. The second kappa shape index (κ2) is 9.31. The van der Waals surface area contributed by atoms with E-state index in [2.05, 4.69) is 36.4 Å². The van der Waals surface area contributed by atoms with Crippen molar-refractivity contribution in [3.05, 3.63) is 28.7 Å². The van der Waals surface area contributed by atoms with E-state index in [1.807, 2.05) is 45.0 Å². The summed E-state index contributed by atoms with van der Waals surface area (Å²) in [7, 11) is 0. The molecular weight excluding hydrogens is 384 g/mol. The summed E-state index contributed by atoms with van der Waals surface area (Å²) in [5, 5.41) is 5.86. The van der Waals surface area contributed by atoms with Crippen LogP contribution in [0.4, 0.5) is 5.69 Å². The molecule has 0 aliphatic carbocycles. The highest BCUT2D eigenvalue weighted by Crippen LogP contribution is 2.15. The van der Waals surface area contributed by atoms with Crippen LogP contribution in [0.15, 0.2) is 28.7 Å². The van der Waals surface area contributed by atoms with E-state index in [9.17, 15) is 9.59 Å². The quantitative estimate of drug-likeness (QED) is 0.751. The minimum absolute atomic E-state index is 0.00618. The molecule has 1 aromatic carbocycles. The van der Waals surface area contributed by atoms with Gasteiger partial charge in [-0.2, -0.15) is 0 Å². The molecule has 1 fully saturated rings. The molecule has 1 saturated heterocycles. The van der Waals surface area contributed by atoms with Crippen molar-refractivity contribution in [3.63, 3.8) is 0 Å². The van der Waals surface area contributed by atoms with Gasteiger partial charge in [0.25, 0.3) is 0 Å². The minimum atomic E-state index is -0.199. The van der Waals surface area contributed by atoms with Crippen LogP contribution in [0.2, 0.25) is 0 Å². The number of piperazine rings is 1. The monoisotopic (exact) mass is 410 g/mol. The lowest BCUT2D eigenvalue weighted by Crippen LogP contribution is -2.54. The van der Waals surface area contributed by atoms with Crippen LogP contribution >= 0.6 is 15.9 Å². The number of nitrogens with zero attached hydrogens (tertiary/aromatic N) is 2. The Morgan fingerprint density at radius 1 is 1.08 bits per heavy atom. The SMILES string of the molecule is CC(C)NC(=O)CN1CCN(C(C)C(=O)Nc2ccc(Br)cc2)CC1. The molecule has 1 aliphatic heterocycles. The van der Waals surface area contributed by atoms with Gasteiger partial charge in [-0.1, -0.05) is 15.9 Å². The molecule has 1 aliphatic rings. The number of carbonyl (C=O) groups excluding carboxylic acids is 2. The first-order valence-electron chi connectivity index (χ1n) is 8.67. The molecular formula is C18H27BrN4O2. The Hall–Kier alpha value is -1.44.